The van der Waals surface area contributed by atoms with Gasteiger partial charge in [-0.25, -0.2) is 4.98 Å². The summed E-state index contributed by atoms with van der Waals surface area (Å²) < 4.78 is 0. The molecule has 4 rings (SSSR count). The van der Waals surface area contributed by atoms with Crippen molar-refractivity contribution in [1.29, 1.82) is 0 Å². The molecule has 0 amide bonds. The van der Waals surface area contributed by atoms with E-state index in [1.165, 1.54) is 21.9 Å². The minimum atomic E-state index is 0.941. The normalized spacial score (nSPS) is 14.0. The molecule has 0 unspecified atom stereocenters. The molecule has 1 N–H and O–H groups in total. The first kappa shape index (κ1) is 13.1. The van der Waals surface area contributed by atoms with Crippen LogP contribution in [0.2, 0.25) is 0 Å². The summed E-state index contributed by atoms with van der Waals surface area (Å²) in [5.41, 5.74) is 4.02. The lowest BCUT2D eigenvalue weighted by atomic mass is 9.99. The summed E-state index contributed by atoms with van der Waals surface area (Å²) in [4.78, 5) is 7.06. The molecule has 110 valence electrons. The molecule has 0 bridgehead atoms. The maximum absolute atomic E-state index is 4.66. The highest BCUT2D eigenvalue weighted by atomic mass is 15.2. The van der Waals surface area contributed by atoms with Crippen LogP contribution < -0.4 is 10.2 Å². The molecular weight excluding hydrogens is 270 g/mol. The first-order chi connectivity index (χ1) is 10.8. The highest BCUT2D eigenvalue weighted by Crippen LogP contribution is 2.30. The van der Waals surface area contributed by atoms with Gasteiger partial charge in [-0.3, -0.25) is 0 Å². The molecule has 3 nitrogen and oxygen atoms in total. The fourth-order valence-corrected chi connectivity index (χ4v) is 3.25. The molecule has 0 spiro atoms. The molecule has 0 saturated carbocycles. The predicted molar refractivity (Wildman–Crippen MR) is 92.5 cm³/mol. The summed E-state index contributed by atoms with van der Waals surface area (Å²) in [7, 11) is 1.95. The Morgan fingerprint density at radius 1 is 1.05 bits per heavy atom. The number of hydrogen-bond donors (Lipinski definition) is 1. The Kier molecular flexibility index (Phi) is 3.19. The number of pyridine rings is 1. The lowest BCUT2D eigenvalue weighted by Crippen LogP contribution is -2.31. The van der Waals surface area contributed by atoms with Gasteiger partial charge in [0.1, 0.15) is 5.82 Å². The SMILES string of the molecule is CNc1ccc2c(N3CCc4ccccc4C3)nccc2c1. The molecule has 3 heteroatoms. The average molecular weight is 289 g/mol. The number of anilines is 2. The molecule has 1 aliphatic rings. The summed E-state index contributed by atoms with van der Waals surface area (Å²) >= 11 is 0. The first-order valence-electron chi connectivity index (χ1n) is 7.73. The Bertz CT molecular complexity index is 826. The van der Waals surface area contributed by atoms with Gasteiger partial charge in [-0.1, -0.05) is 24.3 Å². The molecule has 1 aromatic heterocycles. The quantitative estimate of drug-likeness (QED) is 0.777. The fraction of sp³-hybridized carbons (Fsp3) is 0.211. The molecular formula is C19H19N3. The summed E-state index contributed by atoms with van der Waals surface area (Å²) in [5.74, 6) is 1.09. The number of rotatable bonds is 2. The minimum Gasteiger partial charge on any atom is -0.388 e. The van der Waals surface area contributed by atoms with Gasteiger partial charge in [0.15, 0.2) is 0 Å². The Hall–Kier alpha value is -2.55. The molecule has 0 radical (unpaired) electrons. The van der Waals surface area contributed by atoms with Crippen molar-refractivity contribution in [3.63, 3.8) is 0 Å². The summed E-state index contributed by atoms with van der Waals surface area (Å²) in [6.07, 6.45) is 3.00. The van der Waals surface area contributed by atoms with Crippen molar-refractivity contribution < 1.29 is 0 Å². The third kappa shape index (κ3) is 2.19. The number of fused-ring (bicyclic) bond motifs is 2. The van der Waals surface area contributed by atoms with Crippen LogP contribution in [0.25, 0.3) is 10.8 Å². The van der Waals surface area contributed by atoms with Crippen LogP contribution in [0.15, 0.2) is 54.7 Å². The van der Waals surface area contributed by atoms with Crippen molar-refractivity contribution in [3.8, 4) is 0 Å². The molecule has 0 fully saturated rings. The van der Waals surface area contributed by atoms with E-state index in [2.05, 4.69) is 63.7 Å². The monoisotopic (exact) mass is 289 g/mol. The van der Waals surface area contributed by atoms with Crippen molar-refractivity contribution in [1.82, 2.24) is 4.98 Å². The lowest BCUT2D eigenvalue weighted by Gasteiger charge is -2.30. The van der Waals surface area contributed by atoms with Crippen LogP contribution in [0, 0.1) is 0 Å². The Labute approximate surface area is 130 Å². The number of nitrogens with zero attached hydrogens (tertiary/aromatic N) is 2. The second-order valence-electron chi connectivity index (χ2n) is 5.76. The maximum atomic E-state index is 4.66. The molecule has 2 heterocycles. The largest absolute Gasteiger partial charge is 0.388 e. The van der Waals surface area contributed by atoms with Crippen LogP contribution in [-0.2, 0) is 13.0 Å². The van der Waals surface area contributed by atoms with E-state index in [1.54, 1.807) is 0 Å². The van der Waals surface area contributed by atoms with Gasteiger partial charge in [0, 0.05) is 37.4 Å². The second kappa shape index (κ2) is 5.34. The van der Waals surface area contributed by atoms with E-state index in [4.69, 9.17) is 0 Å². The molecule has 22 heavy (non-hydrogen) atoms. The zero-order valence-electron chi connectivity index (χ0n) is 12.7. The van der Waals surface area contributed by atoms with Gasteiger partial charge in [-0.05, 0) is 47.2 Å². The van der Waals surface area contributed by atoms with E-state index in [0.29, 0.717) is 0 Å². The van der Waals surface area contributed by atoms with Crippen LogP contribution in [-0.4, -0.2) is 18.6 Å². The Balaban J connectivity index is 1.76. The molecule has 3 aromatic rings. The Morgan fingerprint density at radius 2 is 1.91 bits per heavy atom. The van der Waals surface area contributed by atoms with Gasteiger partial charge in [-0.2, -0.15) is 0 Å². The highest BCUT2D eigenvalue weighted by Gasteiger charge is 2.18. The summed E-state index contributed by atoms with van der Waals surface area (Å²) in [5, 5.41) is 5.65. The van der Waals surface area contributed by atoms with E-state index < -0.39 is 0 Å². The van der Waals surface area contributed by atoms with Crippen LogP contribution in [0.1, 0.15) is 11.1 Å². The van der Waals surface area contributed by atoms with Crippen molar-refractivity contribution in [3.05, 3.63) is 65.9 Å². The first-order valence-corrected chi connectivity index (χ1v) is 7.73. The third-order valence-electron chi connectivity index (χ3n) is 4.46. The zero-order chi connectivity index (χ0) is 14.9. The molecule has 1 aliphatic heterocycles. The van der Waals surface area contributed by atoms with Gasteiger partial charge in [0.05, 0.1) is 0 Å². The third-order valence-corrected chi connectivity index (χ3v) is 4.46. The summed E-state index contributed by atoms with van der Waals surface area (Å²) in [6.45, 7) is 1.97. The van der Waals surface area contributed by atoms with E-state index in [0.717, 1.165) is 31.0 Å². The maximum Gasteiger partial charge on any atom is 0.136 e. The van der Waals surface area contributed by atoms with Crippen LogP contribution >= 0.6 is 0 Å². The van der Waals surface area contributed by atoms with Gasteiger partial charge in [-0.15, -0.1) is 0 Å². The molecule has 0 atom stereocenters. The van der Waals surface area contributed by atoms with E-state index in [1.807, 2.05) is 13.2 Å². The number of hydrogen-bond acceptors (Lipinski definition) is 3. The van der Waals surface area contributed by atoms with Gasteiger partial charge in [0.25, 0.3) is 0 Å². The van der Waals surface area contributed by atoms with Gasteiger partial charge >= 0.3 is 0 Å². The van der Waals surface area contributed by atoms with E-state index >= 15 is 0 Å². The fourth-order valence-electron chi connectivity index (χ4n) is 3.25. The lowest BCUT2D eigenvalue weighted by molar-refractivity contribution is 0.724. The van der Waals surface area contributed by atoms with Crippen LogP contribution in [0.3, 0.4) is 0 Å². The summed E-state index contributed by atoms with van der Waals surface area (Å²) in [6, 6.07) is 17.3. The van der Waals surface area contributed by atoms with Crippen LogP contribution in [0.4, 0.5) is 11.5 Å². The standard InChI is InChI=1S/C19H19N3/c1-20-17-6-7-18-15(12-17)8-10-21-19(18)22-11-9-14-4-2-3-5-16(14)13-22/h2-8,10,12,20H,9,11,13H2,1H3. The average Bonchev–Trinajstić information content (AvgIpc) is 2.60. The van der Waals surface area contributed by atoms with Gasteiger partial charge in [0.2, 0.25) is 0 Å². The van der Waals surface area contributed by atoms with Crippen LogP contribution in [0.5, 0.6) is 0 Å². The van der Waals surface area contributed by atoms with Crippen molar-refractivity contribution in [2.75, 3.05) is 23.8 Å². The molecule has 2 aromatic carbocycles. The predicted octanol–water partition coefficient (Wildman–Crippen LogP) is 3.84. The Morgan fingerprint density at radius 3 is 2.77 bits per heavy atom. The minimum absolute atomic E-state index is 0.941. The number of aromatic nitrogens is 1. The van der Waals surface area contributed by atoms with Crippen molar-refractivity contribution in [2.45, 2.75) is 13.0 Å². The number of benzene rings is 2. The highest BCUT2D eigenvalue weighted by molar-refractivity contribution is 5.94. The van der Waals surface area contributed by atoms with Crippen molar-refractivity contribution >= 4 is 22.3 Å². The molecule has 0 saturated heterocycles. The van der Waals surface area contributed by atoms with Gasteiger partial charge < -0.3 is 10.2 Å². The number of nitrogens with one attached hydrogen (secondary N) is 1. The smallest absolute Gasteiger partial charge is 0.136 e. The van der Waals surface area contributed by atoms with Crippen molar-refractivity contribution in [2.24, 2.45) is 0 Å². The molecule has 0 aliphatic carbocycles. The second-order valence-corrected chi connectivity index (χ2v) is 5.76. The topological polar surface area (TPSA) is 28.2 Å². The zero-order valence-corrected chi connectivity index (χ0v) is 12.7. The van der Waals surface area contributed by atoms with E-state index in [-0.39, 0.29) is 0 Å². The van der Waals surface area contributed by atoms with E-state index in [9.17, 15) is 0 Å².